The van der Waals surface area contributed by atoms with E-state index in [0.29, 0.717) is 12.3 Å². The third kappa shape index (κ3) is 4.45. The van der Waals surface area contributed by atoms with Gasteiger partial charge in [-0.05, 0) is 25.2 Å². The Morgan fingerprint density at radius 2 is 1.86 bits per heavy atom. The quantitative estimate of drug-likeness (QED) is 0.600. The molecule has 2 N–H and O–H groups in total. The lowest BCUT2D eigenvalue weighted by molar-refractivity contribution is -0.132. The second-order valence-corrected chi connectivity index (χ2v) is 6.81. The molecule has 0 aromatic rings. The minimum atomic E-state index is -0.488. The third-order valence-electron chi connectivity index (χ3n) is 4.34. The lowest BCUT2D eigenvalue weighted by Gasteiger charge is -2.18. The summed E-state index contributed by atoms with van der Waals surface area (Å²) in [5.41, 5.74) is 0. The fraction of sp³-hybridized carbons (Fsp3) is 0.812. The number of nitrogens with one attached hydrogen (secondary N) is 2. The van der Waals surface area contributed by atoms with Gasteiger partial charge in [0.05, 0.1) is 0 Å². The normalized spacial score (nSPS) is 23.6. The van der Waals surface area contributed by atoms with Gasteiger partial charge in [-0.1, -0.05) is 39.5 Å². The number of nitrogens with zero attached hydrogens (tertiary/aromatic N) is 1. The van der Waals surface area contributed by atoms with Gasteiger partial charge in [0.2, 0.25) is 5.91 Å². The predicted octanol–water partition coefficient (Wildman–Crippen LogP) is 1.79. The predicted molar refractivity (Wildman–Crippen MR) is 83.1 cm³/mol. The van der Waals surface area contributed by atoms with Crippen LogP contribution in [0.15, 0.2) is 0 Å². The lowest BCUT2D eigenvalue weighted by atomic mass is 10.0. The Labute approximate surface area is 132 Å². The molecule has 6 nitrogen and oxygen atoms in total. The van der Waals surface area contributed by atoms with Crippen molar-refractivity contribution in [3.05, 3.63) is 0 Å². The Bertz CT molecular complexity index is 428. The molecule has 1 saturated heterocycles. The molecular weight excluding hydrogens is 282 g/mol. The van der Waals surface area contributed by atoms with Crippen LogP contribution in [-0.2, 0) is 9.59 Å². The average molecular weight is 309 g/mol. The van der Waals surface area contributed by atoms with Gasteiger partial charge in [0.1, 0.15) is 12.6 Å². The summed E-state index contributed by atoms with van der Waals surface area (Å²) < 4.78 is 0. The Morgan fingerprint density at radius 3 is 2.45 bits per heavy atom. The first-order chi connectivity index (χ1) is 10.5. The van der Waals surface area contributed by atoms with Gasteiger partial charge in [0.25, 0.3) is 5.91 Å². The minimum Gasteiger partial charge on any atom is -0.352 e. The Kier molecular flexibility index (Phi) is 5.80. The first-order valence-electron chi connectivity index (χ1n) is 8.38. The molecule has 4 amide bonds. The molecule has 2 aliphatic rings. The van der Waals surface area contributed by atoms with Crippen molar-refractivity contribution in [1.29, 1.82) is 0 Å². The number of urea groups is 1. The maximum absolute atomic E-state index is 12.2. The van der Waals surface area contributed by atoms with Crippen LogP contribution in [-0.4, -0.2) is 41.4 Å². The van der Waals surface area contributed by atoms with E-state index in [1.807, 2.05) is 13.8 Å². The maximum Gasteiger partial charge on any atom is 0.325 e. The SMILES string of the molecule is CC(C)C[C@@H]1NC(=O)N(CC(=O)NC2CCCCCC2)C1=O. The number of hydrogen-bond acceptors (Lipinski definition) is 3. The van der Waals surface area contributed by atoms with Gasteiger partial charge in [0.15, 0.2) is 0 Å². The van der Waals surface area contributed by atoms with Gasteiger partial charge in [0, 0.05) is 6.04 Å². The zero-order valence-electron chi connectivity index (χ0n) is 13.6. The summed E-state index contributed by atoms with van der Waals surface area (Å²) in [6.45, 7) is 3.83. The largest absolute Gasteiger partial charge is 0.352 e. The number of carbonyl (C=O) groups is 3. The van der Waals surface area contributed by atoms with Crippen molar-refractivity contribution in [2.75, 3.05) is 6.54 Å². The number of rotatable bonds is 5. The van der Waals surface area contributed by atoms with Crippen molar-refractivity contribution in [3.8, 4) is 0 Å². The van der Waals surface area contributed by atoms with Crippen molar-refractivity contribution in [2.24, 2.45) is 5.92 Å². The third-order valence-corrected chi connectivity index (χ3v) is 4.34. The molecule has 1 atom stereocenters. The molecule has 1 saturated carbocycles. The summed E-state index contributed by atoms with van der Waals surface area (Å²) in [7, 11) is 0. The van der Waals surface area contributed by atoms with Crippen LogP contribution >= 0.6 is 0 Å². The summed E-state index contributed by atoms with van der Waals surface area (Å²) in [4.78, 5) is 37.2. The van der Waals surface area contributed by atoms with E-state index in [-0.39, 0.29) is 24.4 Å². The zero-order chi connectivity index (χ0) is 16.1. The molecule has 0 aromatic carbocycles. The summed E-state index contributed by atoms with van der Waals surface area (Å²) in [5.74, 6) is -0.204. The summed E-state index contributed by atoms with van der Waals surface area (Å²) in [5, 5.41) is 5.63. The van der Waals surface area contributed by atoms with Crippen LogP contribution in [0, 0.1) is 5.92 Å². The molecule has 1 aliphatic heterocycles. The van der Waals surface area contributed by atoms with E-state index in [1.54, 1.807) is 0 Å². The number of hydrogen-bond donors (Lipinski definition) is 2. The van der Waals surface area contributed by atoms with E-state index >= 15 is 0 Å². The van der Waals surface area contributed by atoms with Crippen molar-refractivity contribution in [2.45, 2.75) is 70.9 Å². The summed E-state index contributed by atoms with van der Waals surface area (Å²) in [6.07, 6.45) is 7.27. The first-order valence-corrected chi connectivity index (χ1v) is 8.38. The molecule has 124 valence electrons. The number of carbonyl (C=O) groups excluding carboxylic acids is 3. The van der Waals surface area contributed by atoms with Crippen LogP contribution in [0.5, 0.6) is 0 Å². The van der Waals surface area contributed by atoms with Crippen LogP contribution in [0.1, 0.15) is 58.8 Å². The zero-order valence-corrected chi connectivity index (χ0v) is 13.6. The first kappa shape index (κ1) is 16.8. The molecular formula is C16H27N3O3. The van der Waals surface area contributed by atoms with E-state index < -0.39 is 12.1 Å². The van der Waals surface area contributed by atoms with Gasteiger partial charge in [-0.25, -0.2) is 4.79 Å². The maximum atomic E-state index is 12.2. The number of amides is 4. The van der Waals surface area contributed by atoms with Gasteiger partial charge >= 0.3 is 6.03 Å². The molecule has 0 bridgehead atoms. The van der Waals surface area contributed by atoms with E-state index in [1.165, 1.54) is 12.8 Å². The molecule has 1 aliphatic carbocycles. The van der Waals surface area contributed by atoms with Crippen molar-refractivity contribution in [3.63, 3.8) is 0 Å². The Balaban J connectivity index is 1.85. The van der Waals surface area contributed by atoms with Crippen LogP contribution in [0.4, 0.5) is 4.79 Å². The second-order valence-electron chi connectivity index (χ2n) is 6.81. The minimum absolute atomic E-state index is 0.171. The molecule has 22 heavy (non-hydrogen) atoms. The summed E-state index contributed by atoms with van der Waals surface area (Å²) in [6, 6.07) is -0.757. The van der Waals surface area contributed by atoms with Gasteiger partial charge in [-0.15, -0.1) is 0 Å². The molecule has 1 heterocycles. The van der Waals surface area contributed by atoms with Gasteiger partial charge < -0.3 is 10.6 Å². The van der Waals surface area contributed by atoms with E-state index in [4.69, 9.17) is 0 Å². The molecule has 0 radical (unpaired) electrons. The van der Waals surface area contributed by atoms with Gasteiger partial charge in [-0.3, -0.25) is 14.5 Å². The van der Waals surface area contributed by atoms with E-state index in [9.17, 15) is 14.4 Å². The number of imide groups is 1. The van der Waals surface area contributed by atoms with Crippen LogP contribution in [0.25, 0.3) is 0 Å². The molecule has 0 unspecified atom stereocenters. The van der Waals surface area contributed by atoms with Crippen molar-refractivity contribution >= 4 is 17.8 Å². The Morgan fingerprint density at radius 1 is 1.23 bits per heavy atom. The molecule has 2 fully saturated rings. The molecule has 0 aromatic heterocycles. The summed E-state index contributed by atoms with van der Waals surface area (Å²) >= 11 is 0. The average Bonchev–Trinajstić information content (AvgIpc) is 2.64. The Hall–Kier alpha value is -1.59. The molecule has 6 heteroatoms. The van der Waals surface area contributed by atoms with Crippen LogP contribution in [0.2, 0.25) is 0 Å². The smallest absolute Gasteiger partial charge is 0.325 e. The standard InChI is InChI=1S/C16H27N3O3/c1-11(2)9-13-15(21)19(16(22)18-13)10-14(20)17-12-7-5-3-4-6-8-12/h11-13H,3-10H2,1-2H3,(H,17,20)(H,18,22)/t13-/m0/s1. The van der Waals surface area contributed by atoms with Crippen LogP contribution in [0.3, 0.4) is 0 Å². The van der Waals surface area contributed by atoms with Crippen LogP contribution < -0.4 is 10.6 Å². The fourth-order valence-electron chi connectivity index (χ4n) is 3.20. The monoisotopic (exact) mass is 309 g/mol. The highest BCUT2D eigenvalue weighted by molar-refractivity contribution is 6.06. The molecule has 2 rings (SSSR count). The van der Waals surface area contributed by atoms with Crippen molar-refractivity contribution in [1.82, 2.24) is 15.5 Å². The fourth-order valence-corrected chi connectivity index (χ4v) is 3.20. The topological polar surface area (TPSA) is 78.5 Å². The van der Waals surface area contributed by atoms with E-state index in [2.05, 4.69) is 10.6 Å². The highest BCUT2D eigenvalue weighted by atomic mass is 16.2. The van der Waals surface area contributed by atoms with Gasteiger partial charge in [-0.2, -0.15) is 0 Å². The lowest BCUT2D eigenvalue weighted by Crippen LogP contribution is -2.44. The highest BCUT2D eigenvalue weighted by Gasteiger charge is 2.39. The van der Waals surface area contributed by atoms with E-state index in [0.717, 1.165) is 30.6 Å². The second kappa shape index (κ2) is 7.61. The van der Waals surface area contributed by atoms with Crippen molar-refractivity contribution < 1.29 is 14.4 Å². The highest BCUT2D eigenvalue weighted by Crippen LogP contribution is 2.18. The molecule has 0 spiro atoms.